The van der Waals surface area contributed by atoms with E-state index in [1.54, 1.807) is 18.2 Å². The quantitative estimate of drug-likeness (QED) is 0.802. The molecule has 6 nitrogen and oxygen atoms in total. The predicted molar refractivity (Wildman–Crippen MR) is 76.9 cm³/mol. The monoisotopic (exact) mass is 298 g/mol. The minimum Gasteiger partial charge on any atom is -0.369 e. The average molecular weight is 298 g/mol. The van der Waals surface area contributed by atoms with Gasteiger partial charge in [-0.15, -0.1) is 0 Å². The fraction of sp³-hybridized carbons (Fsp3) is 0.385. The van der Waals surface area contributed by atoms with E-state index in [0.717, 1.165) is 5.56 Å². The molecule has 2 amide bonds. The number of hydrogen-bond donors (Lipinski definition) is 2. The fourth-order valence-corrected chi connectivity index (χ4v) is 3.34. The molecule has 0 bridgehead atoms. The van der Waals surface area contributed by atoms with Gasteiger partial charge in [-0.3, -0.25) is 9.59 Å². The van der Waals surface area contributed by atoms with Crippen molar-refractivity contribution in [1.82, 2.24) is 0 Å². The van der Waals surface area contributed by atoms with E-state index in [0.29, 0.717) is 5.69 Å². The van der Waals surface area contributed by atoms with Crippen molar-refractivity contribution in [2.45, 2.75) is 25.5 Å². The summed E-state index contributed by atoms with van der Waals surface area (Å²) in [5.74, 6) is -2.38. The van der Waals surface area contributed by atoms with Crippen LogP contribution in [0.25, 0.3) is 0 Å². The van der Waals surface area contributed by atoms with Crippen molar-refractivity contribution in [2.24, 2.45) is 5.73 Å². The molecule has 1 atom stereocenters. The van der Waals surface area contributed by atoms with E-state index < -0.39 is 32.7 Å². The predicted octanol–water partition coefficient (Wildman–Crippen LogP) is 0.612. The number of nitrogens with one attached hydrogen (secondary N) is 1. The molecule has 1 unspecified atom stereocenters. The van der Waals surface area contributed by atoms with Crippen molar-refractivity contribution in [3.05, 3.63) is 29.8 Å². The molecule has 0 fully saturated rings. The number of anilines is 1. The number of carbonyl (C=O) groups excluding carboxylic acids is 2. The topological polar surface area (TPSA) is 106 Å². The van der Waals surface area contributed by atoms with E-state index >= 15 is 0 Å². The minimum atomic E-state index is -3.89. The van der Waals surface area contributed by atoms with E-state index in [4.69, 9.17) is 5.73 Å². The van der Waals surface area contributed by atoms with Gasteiger partial charge in [-0.2, -0.15) is 0 Å². The Labute approximate surface area is 118 Å². The molecule has 110 valence electrons. The fourth-order valence-electron chi connectivity index (χ4n) is 1.84. The average Bonchev–Trinajstić information content (AvgIpc) is 2.27. The van der Waals surface area contributed by atoms with Gasteiger partial charge in [0.2, 0.25) is 11.8 Å². The van der Waals surface area contributed by atoms with Crippen LogP contribution in [0.5, 0.6) is 0 Å². The highest BCUT2D eigenvalue weighted by atomic mass is 32.2. The summed E-state index contributed by atoms with van der Waals surface area (Å²) in [6, 6.07) is 6.98. The van der Waals surface area contributed by atoms with Crippen LogP contribution in [0.3, 0.4) is 0 Å². The molecule has 0 aliphatic carbocycles. The normalized spacial score (nSPS) is 12.7. The van der Waals surface area contributed by atoms with Crippen LogP contribution in [-0.4, -0.2) is 31.2 Å². The lowest BCUT2D eigenvalue weighted by atomic mass is 10.2. The molecule has 0 saturated carbocycles. The minimum absolute atomic E-state index is 0.0510. The van der Waals surface area contributed by atoms with Gasteiger partial charge in [0.15, 0.2) is 9.84 Å². The van der Waals surface area contributed by atoms with Crippen molar-refractivity contribution in [3.8, 4) is 0 Å². The zero-order valence-corrected chi connectivity index (χ0v) is 12.2. The summed E-state index contributed by atoms with van der Waals surface area (Å²) in [5.41, 5.74) is 6.48. The zero-order valence-electron chi connectivity index (χ0n) is 11.4. The Morgan fingerprint density at radius 1 is 1.35 bits per heavy atom. The lowest BCUT2D eigenvalue weighted by molar-refractivity contribution is -0.117. The maximum Gasteiger partial charge on any atom is 0.239 e. The number of benzene rings is 1. The SMILES string of the molecule is CCC(C(N)=O)S(=O)(=O)CC(=O)Nc1cccc(C)c1. The molecule has 7 heteroatoms. The highest BCUT2D eigenvalue weighted by Gasteiger charge is 2.31. The highest BCUT2D eigenvalue weighted by Crippen LogP contribution is 2.11. The summed E-state index contributed by atoms with van der Waals surface area (Å²) < 4.78 is 23.8. The Hall–Kier alpha value is -1.89. The van der Waals surface area contributed by atoms with Gasteiger partial charge in [0, 0.05) is 5.69 Å². The summed E-state index contributed by atoms with van der Waals surface area (Å²) in [7, 11) is -3.89. The van der Waals surface area contributed by atoms with Crippen molar-refractivity contribution in [1.29, 1.82) is 0 Å². The lowest BCUT2D eigenvalue weighted by Gasteiger charge is -2.12. The summed E-state index contributed by atoms with van der Waals surface area (Å²) >= 11 is 0. The second-order valence-corrected chi connectivity index (χ2v) is 6.71. The number of aryl methyl sites for hydroxylation is 1. The van der Waals surface area contributed by atoms with E-state index in [1.165, 1.54) is 6.92 Å². The Kier molecular flexibility index (Phi) is 5.26. The third-order valence-corrected chi connectivity index (χ3v) is 4.85. The van der Waals surface area contributed by atoms with E-state index in [9.17, 15) is 18.0 Å². The van der Waals surface area contributed by atoms with Crippen LogP contribution in [0.4, 0.5) is 5.69 Å². The number of sulfone groups is 1. The molecule has 0 heterocycles. The first-order valence-electron chi connectivity index (χ1n) is 6.13. The van der Waals surface area contributed by atoms with Crippen molar-refractivity contribution >= 4 is 27.3 Å². The molecule has 0 aliphatic heterocycles. The summed E-state index contributed by atoms with van der Waals surface area (Å²) in [5, 5.41) is 1.16. The number of nitrogens with two attached hydrogens (primary N) is 1. The maximum absolute atomic E-state index is 11.9. The highest BCUT2D eigenvalue weighted by molar-refractivity contribution is 7.93. The first-order chi connectivity index (χ1) is 9.26. The van der Waals surface area contributed by atoms with Crippen LogP contribution in [0.1, 0.15) is 18.9 Å². The van der Waals surface area contributed by atoms with Gasteiger partial charge in [-0.05, 0) is 31.0 Å². The number of primary amides is 1. The van der Waals surface area contributed by atoms with Gasteiger partial charge in [0.25, 0.3) is 0 Å². The first kappa shape index (κ1) is 16.2. The third-order valence-electron chi connectivity index (χ3n) is 2.76. The Morgan fingerprint density at radius 3 is 2.50 bits per heavy atom. The van der Waals surface area contributed by atoms with Crippen LogP contribution < -0.4 is 11.1 Å². The zero-order chi connectivity index (χ0) is 15.3. The maximum atomic E-state index is 11.9. The van der Waals surface area contributed by atoms with Crippen LogP contribution in [0.2, 0.25) is 0 Å². The second kappa shape index (κ2) is 6.51. The molecule has 0 aromatic heterocycles. The number of rotatable bonds is 6. The van der Waals surface area contributed by atoms with E-state index in [1.807, 2.05) is 13.0 Å². The summed E-state index contributed by atoms with van der Waals surface area (Å²) in [6.45, 7) is 3.39. The number of hydrogen-bond acceptors (Lipinski definition) is 4. The van der Waals surface area contributed by atoms with E-state index in [-0.39, 0.29) is 6.42 Å². The Bertz CT molecular complexity index is 611. The molecule has 1 aromatic carbocycles. The molecule has 20 heavy (non-hydrogen) atoms. The van der Waals surface area contributed by atoms with Crippen LogP contribution in [0, 0.1) is 6.92 Å². The summed E-state index contributed by atoms with van der Waals surface area (Å²) in [6.07, 6.45) is 0.0510. The number of carbonyl (C=O) groups is 2. The molecule has 0 saturated heterocycles. The summed E-state index contributed by atoms with van der Waals surface area (Å²) in [4.78, 5) is 22.8. The van der Waals surface area contributed by atoms with Crippen molar-refractivity contribution < 1.29 is 18.0 Å². The van der Waals surface area contributed by atoms with Crippen molar-refractivity contribution in [2.75, 3.05) is 11.1 Å². The van der Waals surface area contributed by atoms with E-state index in [2.05, 4.69) is 5.32 Å². The van der Waals surface area contributed by atoms with Gasteiger partial charge in [0.1, 0.15) is 11.0 Å². The van der Waals surface area contributed by atoms with Crippen LogP contribution in [0.15, 0.2) is 24.3 Å². The molecule has 3 N–H and O–H groups in total. The van der Waals surface area contributed by atoms with Crippen molar-refractivity contribution in [3.63, 3.8) is 0 Å². The molecule has 0 spiro atoms. The molecule has 1 rings (SSSR count). The Balaban J connectivity index is 2.78. The van der Waals surface area contributed by atoms with Gasteiger partial charge >= 0.3 is 0 Å². The molecular formula is C13H18N2O4S. The lowest BCUT2D eigenvalue weighted by Crippen LogP contribution is -2.39. The molecular weight excluding hydrogens is 280 g/mol. The van der Waals surface area contributed by atoms with Gasteiger partial charge in [0.05, 0.1) is 0 Å². The molecule has 1 aromatic rings. The second-order valence-electron chi connectivity index (χ2n) is 4.52. The largest absolute Gasteiger partial charge is 0.369 e. The molecule has 0 aliphatic rings. The van der Waals surface area contributed by atoms with Gasteiger partial charge in [-0.25, -0.2) is 8.42 Å². The Morgan fingerprint density at radius 2 is 2.00 bits per heavy atom. The van der Waals surface area contributed by atoms with Crippen LogP contribution in [-0.2, 0) is 19.4 Å². The third kappa shape index (κ3) is 4.34. The van der Waals surface area contributed by atoms with Crippen LogP contribution >= 0.6 is 0 Å². The number of amides is 2. The first-order valence-corrected chi connectivity index (χ1v) is 7.85. The van der Waals surface area contributed by atoms with Gasteiger partial charge in [-0.1, -0.05) is 19.1 Å². The molecule has 0 radical (unpaired) electrons. The standard InChI is InChI=1S/C13H18N2O4S/c1-3-11(13(14)17)20(18,19)8-12(16)15-10-6-4-5-9(2)7-10/h4-7,11H,3,8H2,1-2H3,(H2,14,17)(H,15,16). The van der Waals surface area contributed by atoms with Gasteiger partial charge < -0.3 is 11.1 Å². The smallest absolute Gasteiger partial charge is 0.239 e.